The van der Waals surface area contributed by atoms with E-state index in [0.29, 0.717) is 12.0 Å². The molecule has 1 heterocycles. The Morgan fingerprint density at radius 3 is 2.65 bits per heavy atom. The summed E-state index contributed by atoms with van der Waals surface area (Å²) in [7, 11) is 2.14. The number of hydrogen-bond donors (Lipinski definition) is 1. The van der Waals surface area contributed by atoms with Crippen molar-refractivity contribution in [2.24, 2.45) is 5.92 Å². The zero-order valence-corrected chi connectivity index (χ0v) is 10.9. The molecule has 0 spiro atoms. The molecule has 1 aliphatic heterocycles. The first-order chi connectivity index (χ1) is 8.13. The summed E-state index contributed by atoms with van der Waals surface area (Å²) in [4.78, 5) is 16.1. The highest BCUT2D eigenvalue weighted by Gasteiger charge is 2.42. The van der Waals surface area contributed by atoms with Crippen molar-refractivity contribution in [1.82, 2.24) is 9.80 Å². The summed E-state index contributed by atoms with van der Waals surface area (Å²) < 4.78 is 0. The van der Waals surface area contributed by atoms with Crippen LogP contribution in [0.1, 0.15) is 32.6 Å². The Bertz CT molecular complexity index is 279. The van der Waals surface area contributed by atoms with Crippen molar-refractivity contribution in [2.75, 3.05) is 26.7 Å². The fourth-order valence-corrected chi connectivity index (χ4v) is 3.02. The minimum absolute atomic E-state index is 0.230. The van der Waals surface area contributed by atoms with Crippen LogP contribution in [0, 0.1) is 5.92 Å². The molecule has 98 valence electrons. The summed E-state index contributed by atoms with van der Waals surface area (Å²) in [6.45, 7) is 5.20. The van der Waals surface area contributed by atoms with E-state index >= 15 is 0 Å². The molecule has 2 atom stereocenters. The van der Waals surface area contributed by atoms with Gasteiger partial charge in [-0.3, -0.25) is 9.69 Å². The summed E-state index contributed by atoms with van der Waals surface area (Å²) in [5.41, 5.74) is 0. The molecule has 0 radical (unpaired) electrons. The third-order valence-corrected chi connectivity index (χ3v) is 4.10. The normalized spacial score (nSPS) is 29.9. The quantitative estimate of drug-likeness (QED) is 0.803. The molecule has 1 N–H and O–H groups in total. The van der Waals surface area contributed by atoms with E-state index in [1.807, 2.05) is 0 Å². The van der Waals surface area contributed by atoms with Gasteiger partial charge < -0.3 is 10.0 Å². The largest absolute Gasteiger partial charge is 0.480 e. The van der Waals surface area contributed by atoms with Crippen molar-refractivity contribution in [3.05, 3.63) is 0 Å². The number of likely N-dealkylation sites (N-methyl/N-ethyl adjacent to an activating group) is 1. The minimum Gasteiger partial charge on any atom is -0.480 e. The van der Waals surface area contributed by atoms with Gasteiger partial charge in [0.05, 0.1) is 0 Å². The molecule has 17 heavy (non-hydrogen) atoms. The molecule has 1 aliphatic carbocycles. The standard InChI is InChI=1S/C13H24N2O2/c1-3-11-9-14(2)7-4-8-15(11)12(13(16)17)10-5-6-10/h10-12H,3-9H2,1-2H3,(H,16,17). The Labute approximate surface area is 104 Å². The van der Waals surface area contributed by atoms with Gasteiger partial charge >= 0.3 is 5.97 Å². The second-order valence-electron chi connectivity index (χ2n) is 5.54. The molecular weight excluding hydrogens is 216 g/mol. The lowest BCUT2D eigenvalue weighted by Gasteiger charge is -2.35. The van der Waals surface area contributed by atoms with E-state index in [1.165, 1.54) is 0 Å². The van der Waals surface area contributed by atoms with Crippen molar-refractivity contribution >= 4 is 5.97 Å². The van der Waals surface area contributed by atoms with E-state index < -0.39 is 5.97 Å². The molecule has 0 aromatic rings. The summed E-state index contributed by atoms with van der Waals surface area (Å²) in [6.07, 6.45) is 4.32. The third-order valence-electron chi connectivity index (χ3n) is 4.10. The molecule has 4 heteroatoms. The highest BCUT2D eigenvalue weighted by atomic mass is 16.4. The van der Waals surface area contributed by atoms with Gasteiger partial charge in [0.2, 0.25) is 0 Å². The van der Waals surface area contributed by atoms with Gasteiger partial charge in [0.1, 0.15) is 6.04 Å². The van der Waals surface area contributed by atoms with Crippen LogP contribution in [0.3, 0.4) is 0 Å². The van der Waals surface area contributed by atoms with Crippen LogP contribution in [0.2, 0.25) is 0 Å². The number of hydrogen-bond acceptors (Lipinski definition) is 3. The molecule has 2 rings (SSSR count). The molecule has 1 saturated heterocycles. The smallest absolute Gasteiger partial charge is 0.321 e. The highest BCUT2D eigenvalue weighted by molar-refractivity contribution is 5.74. The van der Waals surface area contributed by atoms with Crippen molar-refractivity contribution in [2.45, 2.75) is 44.7 Å². The number of nitrogens with zero attached hydrogens (tertiary/aromatic N) is 2. The third kappa shape index (κ3) is 2.99. The molecule has 0 aromatic heterocycles. The number of aliphatic carboxylic acids is 1. The molecule has 2 unspecified atom stereocenters. The van der Waals surface area contributed by atoms with Gasteiger partial charge in [0, 0.05) is 19.1 Å². The molecule has 0 amide bonds. The van der Waals surface area contributed by atoms with E-state index in [4.69, 9.17) is 0 Å². The Balaban J connectivity index is 2.11. The lowest BCUT2D eigenvalue weighted by molar-refractivity contribution is -0.145. The average molecular weight is 240 g/mol. The Morgan fingerprint density at radius 2 is 2.12 bits per heavy atom. The van der Waals surface area contributed by atoms with Gasteiger partial charge in [0.25, 0.3) is 0 Å². The second kappa shape index (κ2) is 5.36. The first-order valence-electron chi connectivity index (χ1n) is 6.80. The van der Waals surface area contributed by atoms with Crippen LogP contribution < -0.4 is 0 Å². The molecule has 2 aliphatic rings. The van der Waals surface area contributed by atoms with Gasteiger partial charge in [-0.1, -0.05) is 6.92 Å². The van der Waals surface area contributed by atoms with E-state index in [9.17, 15) is 9.90 Å². The SMILES string of the molecule is CCC1CN(C)CCCN1C(C(=O)O)C1CC1. The predicted molar refractivity (Wildman–Crippen MR) is 67.0 cm³/mol. The monoisotopic (exact) mass is 240 g/mol. The average Bonchev–Trinajstić information content (AvgIpc) is 3.08. The zero-order valence-electron chi connectivity index (χ0n) is 10.9. The lowest BCUT2D eigenvalue weighted by Crippen LogP contribution is -2.50. The van der Waals surface area contributed by atoms with Crippen LogP contribution in [0.25, 0.3) is 0 Å². The first-order valence-corrected chi connectivity index (χ1v) is 6.80. The summed E-state index contributed by atoms with van der Waals surface area (Å²) in [5.74, 6) is -0.208. The maximum absolute atomic E-state index is 11.5. The molecule has 0 bridgehead atoms. The Morgan fingerprint density at radius 1 is 1.41 bits per heavy atom. The van der Waals surface area contributed by atoms with Crippen LogP contribution in [0.4, 0.5) is 0 Å². The van der Waals surface area contributed by atoms with Crippen molar-refractivity contribution in [3.8, 4) is 0 Å². The Kier molecular flexibility index (Phi) is 4.05. The number of carbonyl (C=O) groups is 1. The second-order valence-corrected chi connectivity index (χ2v) is 5.54. The van der Waals surface area contributed by atoms with Crippen LogP contribution in [-0.2, 0) is 4.79 Å². The van der Waals surface area contributed by atoms with E-state index in [1.54, 1.807) is 0 Å². The summed E-state index contributed by atoms with van der Waals surface area (Å²) in [5, 5.41) is 9.45. The van der Waals surface area contributed by atoms with E-state index in [2.05, 4.69) is 23.8 Å². The van der Waals surface area contributed by atoms with Gasteiger partial charge in [-0.15, -0.1) is 0 Å². The molecule has 1 saturated carbocycles. The first kappa shape index (κ1) is 12.8. The van der Waals surface area contributed by atoms with E-state index in [0.717, 1.165) is 45.3 Å². The van der Waals surface area contributed by atoms with Crippen molar-refractivity contribution in [1.29, 1.82) is 0 Å². The minimum atomic E-state index is -0.615. The molecule has 4 nitrogen and oxygen atoms in total. The summed E-state index contributed by atoms with van der Waals surface area (Å²) >= 11 is 0. The maximum Gasteiger partial charge on any atom is 0.321 e. The molecular formula is C13H24N2O2. The fourth-order valence-electron chi connectivity index (χ4n) is 3.02. The fraction of sp³-hybridized carbons (Fsp3) is 0.923. The number of carboxylic acid groups (broad SMARTS) is 1. The van der Waals surface area contributed by atoms with Crippen molar-refractivity contribution < 1.29 is 9.90 Å². The van der Waals surface area contributed by atoms with Crippen LogP contribution >= 0.6 is 0 Å². The van der Waals surface area contributed by atoms with E-state index in [-0.39, 0.29) is 6.04 Å². The van der Waals surface area contributed by atoms with Gasteiger partial charge in [-0.2, -0.15) is 0 Å². The lowest BCUT2D eigenvalue weighted by atomic mass is 10.1. The van der Waals surface area contributed by atoms with Gasteiger partial charge in [0.15, 0.2) is 0 Å². The molecule has 2 fully saturated rings. The van der Waals surface area contributed by atoms with Crippen LogP contribution in [0.5, 0.6) is 0 Å². The van der Waals surface area contributed by atoms with Gasteiger partial charge in [-0.05, 0) is 45.2 Å². The predicted octanol–water partition coefficient (Wildman–Crippen LogP) is 1.27. The zero-order chi connectivity index (χ0) is 12.4. The highest BCUT2D eigenvalue weighted by Crippen LogP contribution is 2.37. The Hall–Kier alpha value is -0.610. The number of carboxylic acids is 1. The topological polar surface area (TPSA) is 43.8 Å². The van der Waals surface area contributed by atoms with Gasteiger partial charge in [-0.25, -0.2) is 0 Å². The van der Waals surface area contributed by atoms with Crippen LogP contribution in [-0.4, -0.2) is 59.6 Å². The number of rotatable bonds is 4. The van der Waals surface area contributed by atoms with Crippen molar-refractivity contribution in [3.63, 3.8) is 0 Å². The molecule has 0 aromatic carbocycles. The van der Waals surface area contributed by atoms with Crippen LogP contribution in [0.15, 0.2) is 0 Å². The maximum atomic E-state index is 11.5. The summed E-state index contributed by atoms with van der Waals surface area (Å²) in [6, 6.07) is 0.177.